The molecule has 104 valence electrons. The van der Waals surface area contributed by atoms with E-state index in [1.165, 1.54) is 0 Å². The maximum absolute atomic E-state index is 11.6. The maximum atomic E-state index is 11.6. The fourth-order valence-electron chi connectivity index (χ4n) is 1.58. The predicted molar refractivity (Wildman–Crippen MR) is 70.3 cm³/mol. The lowest BCUT2D eigenvalue weighted by molar-refractivity contribution is -0.157. The highest BCUT2D eigenvalue weighted by Crippen LogP contribution is 2.24. The summed E-state index contributed by atoms with van der Waals surface area (Å²) in [6.07, 6.45) is -0.0185. The summed E-state index contributed by atoms with van der Waals surface area (Å²) in [5.74, 6) is -0.892. The highest BCUT2D eigenvalue weighted by atomic mass is 16.6. The zero-order valence-corrected chi connectivity index (χ0v) is 11.2. The molecule has 5 heteroatoms. The zero-order chi connectivity index (χ0) is 14.3. The Hall–Kier alpha value is -1.88. The van der Waals surface area contributed by atoms with Crippen molar-refractivity contribution in [3.05, 3.63) is 35.9 Å². The van der Waals surface area contributed by atoms with E-state index in [0.717, 1.165) is 5.56 Å². The first-order chi connectivity index (χ1) is 8.95. The molecule has 19 heavy (non-hydrogen) atoms. The number of hydrogen-bond donors (Lipinski definition) is 2. The number of rotatable bonds is 6. The van der Waals surface area contributed by atoms with Crippen molar-refractivity contribution in [3.63, 3.8) is 0 Å². The molecular formula is C14H19NO4. The third kappa shape index (κ3) is 5.09. The molecule has 0 heterocycles. The van der Waals surface area contributed by atoms with Crippen molar-refractivity contribution in [1.82, 2.24) is 5.32 Å². The Balaban J connectivity index is 2.50. The van der Waals surface area contributed by atoms with Crippen molar-refractivity contribution in [1.29, 1.82) is 0 Å². The minimum absolute atomic E-state index is 0.0185. The number of ether oxygens (including phenoxy) is 1. The third-order valence-corrected chi connectivity index (χ3v) is 2.61. The van der Waals surface area contributed by atoms with E-state index >= 15 is 0 Å². The Kier molecular flexibility index (Phi) is 5.51. The van der Waals surface area contributed by atoms with Gasteiger partial charge in [-0.3, -0.25) is 9.59 Å². The first kappa shape index (κ1) is 15.2. The number of aliphatic hydroxyl groups excluding tert-OH is 1. The van der Waals surface area contributed by atoms with Crippen molar-refractivity contribution < 1.29 is 19.4 Å². The number of amides is 1. The molecule has 1 aromatic rings. The highest BCUT2D eigenvalue weighted by Gasteiger charge is 2.24. The van der Waals surface area contributed by atoms with Crippen molar-refractivity contribution >= 4 is 11.9 Å². The van der Waals surface area contributed by atoms with Gasteiger partial charge in [-0.1, -0.05) is 30.3 Å². The lowest BCUT2D eigenvalue weighted by atomic mass is 9.98. The molecule has 1 aromatic carbocycles. The summed E-state index contributed by atoms with van der Waals surface area (Å²) >= 11 is 0. The van der Waals surface area contributed by atoms with Crippen LogP contribution in [0, 0.1) is 0 Å². The van der Waals surface area contributed by atoms with Crippen LogP contribution in [-0.2, 0) is 19.9 Å². The third-order valence-electron chi connectivity index (χ3n) is 2.61. The van der Waals surface area contributed by atoms with Crippen LogP contribution < -0.4 is 5.32 Å². The smallest absolute Gasteiger partial charge is 0.326 e. The minimum atomic E-state index is -0.750. The second-order valence-electron chi connectivity index (χ2n) is 4.60. The van der Waals surface area contributed by atoms with E-state index in [2.05, 4.69) is 5.32 Å². The summed E-state index contributed by atoms with van der Waals surface area (Å²) in [6, 6.07) is 9.37. The van der Waals surface area contributed by atoms with E-state index in [9.17, 15) is 9.59 Å². The Morgan fingerprint density at radius 3 is 2.47 bits per heavy atom. The van der Waals surface area contributed by atoms with Crippen LogP contribution in [0.2, 0.25) is 0 Å². The molecule has 1 rings (SSSR count). The van der Waals surface area contributed by atoms with E-state index in [0.29, 0.717) is 0 Å². The van der Waals surface area contributed by atoms with E-state index in [1.807, 2.05) is 30.3 Å². The summed E-state index contributed by atoms with van der Waals surface area (Å²) in [5.41, 5.74) is 0.130. The molecule has 0 saturated carbocycles. The van der Waals surface area contributed by atoms with Crippen molar-refractivity contribution in [2.75, 3.05) is 13.2 Å². The Labute approximate surface area is 112 Å². The normalized spacial score (nSPS) is 10.9. The zero-order valence-electron chi connectivity index (χ0n) is 11.2. The molecule has 0 bridgehead atoms. The van der Waals surface area contributed by atoms with Crippen LogP contribution in [0.15, 0.2) is 30.3 Å². The van der Waals surface area contributed by atoms with Gasteiger partial charge in [-0.05, 0) is 19.4 Å². The van der Waals surface area contributed by atoms with Gasteiger partial charge in [0, 0.05) is 6.42 Å². The van der Waals surface area contributed by atoms with Gasteiger partial charge in [-0.25, -0.2) is 0 Å². The quantitative estimate of drug-likeness (QED) is 0.751. The summed E-state index contributed by atoms with van der Waals surface area (Å²) in [5, 5.41) is 10.9. The topological polar surface area (TPSA) is 75.6 Å². The molecule has 0 spiro atoms. The second-order valence-corrected chi connectivity index (χ2v) is 4.60. The molecule has 0 radical (unpaired) electrons. The Morgan fingerprint density at radius 1 is 1.26 bits per heavy atom. The summed E-state index contributed by atoms with van der Waals surface area (Å²) in [7, 11) is 0. The van der Waals surface area contributed by atoms with Gasteiger partial charge in [-0.15, -0.1) is 0 Å². The largest absolute Gasteiger partial charge is 0.453 e. The number of aliphatic hydroxyl groups is 1. The summed E-state index contributed by atoms with van der Waals surface area (Å²) in [6.45, 7) is 3.14. The molecule has 0 aliphatic heterocycles. The van der Waals surface area contributed by atoms with E-state index in [-0.39, 0.29) is 25.5 Å². The molecule has 1 amide bonds. The SMILES string of the molecule is CC(C)(OC(=O)CNC(=O)CCO)c1ccccc1. The average molecular weight is 265 g/mol. The van der Waals surface area contributed by atoms with Crippen LogP contribution >= 0.6 is 0 Å². The molecule has 0 aliphatic rings. The lowest BCUT2D eigenvalue weighted by Gasteiger charge is -2.25. The van der Waals surface area contributed by atoms with E-state index < -0.39 is 11.6 Å². The van der Waals surface area contributed by atoms with Gasteiger partial charge >= 0.3 is 5.97 Å². The first-order valence-corrected chi connectivity index (χ1v) is 6.10. The number of esters is 1. The van der Waals surface area contributed by atoms with Crippen LogP contribution in [0.4, 0.5) is 0 Å². The number of benzene rings is 1. The van der Waals surface area contributed by atoms with Gasteiger partial charge in [0.1, 0.15) is 12.1 Å². The van der Waals surface area contributed by atoms with Gasteiger partial charge < -0.3 is 15.2 Å². The summed E-state index contributed by atoms with van der Waals surface area (Å²) < 4.78 is 5.34. The standard InChI is InChI=1S/C14H19NO4/c1-14(2,11-6-4-3-5-7-11)19-13(18)10-15-12(17)8-9-16/h3-7,16H,8-10H2,1-2H3,(H,15,17). The van der Waals surface area contributed by atoms with Crippen LogP contribution in [-0.4, -0.2) is 30.1 Å². The summed E-state index contributed by atoms with van der Waals surface area (Å²) in [4.78, 5) is 22.7. The van der Waals surface area contributed by atoms with Gasteiger partial charge in [-0.2, -0.15) is 0 Å². The molecule has 0 fully saturated rings. The van der Waals surface area contributed by atoms with Gasteiger partial charge in [0.15, 0.2) is 0 Å². The molecule has 0 saturated heterocycles. The van der Waals surface area contributed by atoms with Crippen molar-refractivity contribution in [2.24, 2.45) is 0 Å². The molecular weight excluding hydrogens is 246 g/mol. The second kappa shape index (κ2) is 6.89. The predicted octanol–water partition coefficient (Wildman–Crippen LogP) is 0.963. The molecule has 0 aliphatic carbocycles. The molecule has 5 nitrogen and oxygen atoms in total. The Bertz CT molecular complexity index is 428. The number of carbonyl (C=O) groups is 2. The average Bonchev–Trinajstić information content (AvgIpc) is 2.37. The van der Waals surface area contributed by atoms with Crippen LogP contribution in [0.5, 0.6) is 0 Å². The fraction of sp³-hybridized carbons (Fsp3) is 0.429. The van der Waals surface area contributed by atoms with Crippen LogP contribution in [0.3, 0.4) is 0 Å². The molecule has 2 N–H and O–H groups in total. The van der Waals surface area contributed by atoms with Crippen molar-refractivity contribution in [2.45, 2.75) is 25.9 Å². The van der Waals surface area contributed by atoms with Gasteiger partial charge in [0.05, 0.1) is 6.61 Å². The molecule has 0 unspecified atom stereocenters. The van der Waals surface area contributed by atoms with Gasteiger partial charge in [0.2, 0.25) is 5.91 Å². The minimum Gasteiger partial charge on any atom is -0.453 e. The van der Waals surface area contributed by atoms with E-state index in [1.54, 1.807) is 13.8 Å². The first-order valence-electron chi connectivity index (χ1n) is 6.10. The number of hydrogen-bond acceptors (Lipinski definition) is 4. The Morgan fingerprint density at radius 2 is 1.89 bits per heavy atom. The monoisotopic (exact) mass is 265 g/mol. The van der Waals surface area contributed by atoms with Gasteiger partial charge in [0.25, 0.3) is 0 Å². The van der Waals surface area contributed by atoms with Crippen LogP contribution in [0.1, 0.15) is 25.8 Å². The van der Waals surface area contributed by atoms with Crippen LogP contribution in [0.25, 0.3) is 0 Å². The maximum Gasteiger partial charge on any atom is 0.326 e. The highest BCUT2D eigenvalue weighted by molar-refractivity contribution is 5.82. The number of carbonyl (C=O) groups excluding carboxylic acids is 2. The molecule has 0 aromatic heterocycles. The van der Waals surface area contributed by atoms with Crippen molar-refractivity contribution in [3.8, 4) is 0 Å². The lowest BCUT2D eigenvalue weighted by Crippen LogP contribution is -2.35. The molecule has 0 atom stereocenters. The fourth-order valence-corrected chi connectivity index (χ4v) is 1.58. The number of nitrogens with one attached hydrogen (secondary N) is 1. The van der Waals surface area contributed by atoms with E-state index in [4.69, 9.17) is 9.84 Å².